The average Bonchev–Trinajstić information content (AvgIpc) is 2.55. The van der Waals surface area contributed by atoms with Gasteiger partial charge in [0.25, 0.3) is 0 Å². The van der Waals surface area contributed by atoms with Gasteiger partial charge in [0.05, 0.1) is 17.4 Å². The topological polar surface area (TPSA) is 80.5 Å². The molecule has 0 bridgehead atoms. The second-order valence-corrected chi connectivity index (χ2v) is 7.60. The van der Waals surface area contributed by atoms with Crippen LogP contribution in [0.1, 0.15) is 24.1 Å². The van der Waals surface area contributed by atoms with Crippen LogP contribution in [0.25, 0.3) is 0 Å². The predicted molar refractivity (Wildman–Crippen MR) is 94.2 cm³/mol. The maximum absolute atomic E-state index is 12.4. The molecular weight excluding hydrogens is 348 g/mol. The number of benzene rings is 2. The van der Waals surface area contributed by atoms with Crippen molar-refractivity contribution in [3.05, 3.63) is 64.7 Å². The highest BCUT2D eigenvalue weighted by molar-refractivity contribution is 7.89. The van der Waals surface area contributed by atoms with Crippen molar-refractivity contribution in [3.63, 3.8) is 0 Å². The van der Waals surface area contributed by atoms with E-state index >= 15 is 0 Å². The summed E-state index contributed by atoms with van der Waals surface area (Å²) >= 11 is 5.84. The summed E-state index contributed by atoms with van der Waals surface area (Å²) in [6.45, 7) is 1.88. The first-order chi connectivity index (χ1) is 11.2. The van der Waals surface area contributed by atoms with Crippen LogP contribution in [0.2, 0.25) is 5.02 Å². The highest BCUT2D eigenvalue weighted by Gasteiger charge is 2.18. The number of nitrogens with two attached hydrogens (primary N) is 1. The maximum atomic E-state index is 12.4. The molecule has 2 N–H and O–H groups in total. The van der Waals surface area contributed by atoms with Gasteiger partial charge in [0.2, 0.25) is 15.9 Å². The predicted octanol–water partition coefficient (Wildman–Crippen LogP) is 2.75. The summed E-state index contributed by atoms with van der Waals surface area (Å²) in [7, 11) is -2.00. The number of primary sulfonamides is 1. The molecule has 0 saturated heterocycles. The van der Waals surface area contributed by atoms with E-state index < -0.39 is 10.0 Å². The fourth-order valence-electron chi connectivity index (χ4n) is 2.28. The van der Waals surface area contributed by atoms with E-state index in [2.05, 4.69) is 0 Å². The highest BCUT2D eigenvalue weighted by Crippen LogP contribution is 2.21. The van der Waals surface area contributed by atoms with Crippen molar-refractivity contribution in [1.82, 2.24) is 4.90 Å². The molecule has 0 radical (unpaired) electrons. The number of likely N-dealkylation sites (N-methyl/N-ethyl adjacent to an activating group) is 1. The zero-order chi connectivity index (χ0) is 17.9. The Kier molecular flexibility index (Phi) is 5.64. The van der Waals surface area contributed by atoms with Crippen molar-refractivity contribution < 1.29 is 13.2 Å². The van der Waals surface area contributed by atoms with Gasteiger partial charge >= 0.3 is 0 Å². The third-order valence-corrected chi connectivity index (χ3v) is 5.12. The first-order valence-electron chi connectivity index (χ1n) is 7.31. The second kappa shape index (κ2) is 7.34. The number of rotatable bonds is 5. The summed E-state index contributed by atoms with van der Waals surface area (Å²) in [5.74, 6) is -0.0413. The van der Waals surface area contributed by atoms with Crippen molar-refractivity contribution in [1.29, 1.82) is 0 Å². The first-order valence-corrected chi connectivity index (χ1v) is 9.24. The molecule has 7 heteroatoms. The maximum Gasteiger partial charge on any atom is 0.238 e. The van der Waals surface area contributed by atoms with E-state index in [0.717, 1.165) is 11.1 Å². The van der Waals surface area contributed by atoms with Crippen LogP contribution in [0.3, 0.4) is 0 Å². The van der Waals surface area contributed by atoms with Crippen LogP contribution in [0.4, 0.5) is 0 Å². The number of nitrogens with zero attached hydrogens (tertiary/aromatic N) is 1. The number of hydrogen-bond acceptors (Lipinski definition) is 3. The molecule has 2 aromatic carbocycles. The minimum Gasteiger partial charge on any atom is -0.339 e. The summed E-state index contributed by atoms with van der Waals surface area (Å²) in [6.07, 6.45) is 0.271. The lowest BCUT2D eigenvalue weighted by atomic mass is 10.1. The first kappa shape index (κ1) is 18.4. The minimum absolute atomic E-state index is 0.0413. The molecule has 0 heterocycles. The van der Waals surface area contributed by atoms with Crippen molar-refractivity contribution in [2.75, 3.05) is 7.05 Å². The van der Waals surface area contributed by atoms with Crippen LogP contribution < -0.4 is 5.14 Å². The number of carbonyl (C=O) groups excluding carboxylic acids is 1. The number of carbonyl (C=O) groups is 1. The van der Waals surface area contributed by atoms with Gasteiger partial charge in [0.15, 0.2) is 0 Å². The van der Waals surface area contributed by atoms with Gasteiger partial charge in [-0.3, -0.25) is 4.79 Å². The van der Waals surface area contributed by atoms with Crippen molar-refractivity contribution in [3.8, 4) is 0 Å². The van der Waals surface area contributed by atoms with Crippen LogP contribution >= 0.6 is 11.6 Å². The third kappa shape index (κ3) is 4.56. The summed E-state index contributed by atoms with van der Waals surface area (Å²) in [4.78, 5) is 14.1. The Balaban J connectivity index is 2.09. The molecule has 1 atom stereocenters. The fraction of sp³-hybridized carbons (Fsp3) is 0.235. The van der Waals surface area contributed by atoms with E-state index in [1.54, 1.807) is 36.2 Å². The normalized spacial score (nSPS) is 12.7. The van der Waals surface area contributed by atoms with Crippen LogP contribution in [-0.4, -0.2) is 26.3 Å². The molecule has 0 saturated carbocycles. The summed E-state index contributed by atoms with van der Waals surface area (Å²) in [5, 5.41) is 5.71. The summed E-state index contributed by atoms with van der Waals surface area (Å²) < 4.78 is 22.6. The highest BCUT2D eigenvalue weighted by atomic mass is 35.5. The quantitative estimate of drug-likeness (QED) is 0.883. The average molecular weight is 367 g/mol. The lowest BCUT2D eigenvalue weighted by Gasteiger charge is -2.25. The van der Waals surface area contributed by atoms with E-state index in [4.69, 9.17) is 16.7 Å². The minimum atomic E-state index is -3.72. The van der Waals surface area contributed by atoms with Gasteiger partial charge in [0, 0.05) is 12.1 Å². The van der Waals surface area contributed by atoms with Crippen molar-refractivity contribution in [2.45, 2.75) is 24.3 Å². The molecule has 0 aliphatic rings. The van der Waals surface area contributed by atoms with E-state index in [9.17, 15) is 13.2 Å². The Morgan fingerprint density at radius 1 is 1.12 bits per heavy atom. The molecule has 1 unspecified atom stereocenters. The molecule has 0 aliphatic carbocycles. The standard InChI is InChI=1S/C17H19ClN2O3S/c1-12(14-5-9-16(10-6-14)24(19,22)23)20(2)17(21)11-13-3-7-15(18)8-4-13/h3-10,12H,11H2,1-2H3,(H2,19,22,23). The smallest absolute Gasteiger partial charge is 0.238 e. The van der Waals surface area contributed by atoms with Crippen LogP contribution in [0, 0.1) is 0 Å². The number of amides is 1. The Bertz CT molecular complexity index is 818. The van der Waals surface area contributed by atoms with Gasteiger partial charge in [-0.1, -0.05) is 35.9 Å². The number of halogens is 1. The van der Waals surface area contributed by atoms with E-state index in [0.29, 0.717) is 5.02 Å². The molecule has 2 aromatic rings. The van der Waals surface area contributed by atoms with Gasteiger partial charge in [-0.15, -0.1) is 0 Å². The van der Waals surface area contributed by atoms with E-state index in [1.807, 2.05) is 19.1 Å². The molecule has 0 aromatic heterocycles. The zero-order valence-corrected chi connectivity index (χ0v) is 15.0. The lowest BCUT2D eigenvalue weighted by molar-refractivity contribution is -0.131. The Hall–Kier alpha value is -1.89. The van der Waals surface area contributed by atoms with Crippen LogP contribution in [-0.2, 0) is 21.2 Å². The number of hydrogen-bond donors (Lipinski definition) is 1. The zero-order valence-electron chi connectivity index (χ0n) is 13.4. The van der Waals surface area contributed by atoms with Gasteiger partial charge in [-0.05, 0) is 42.3 Å². The van der Waals surface area contributed by atoms with Crippen molar-refractivity contribution >= 4 is 27.5 Å². The molecule has 2 rings (SSSR count). The van der Waals surface area contributed by atoms with Gasteiger partial charge in [-0.25, -0.2) is 13.6 Å². The molecule has 5 nitrogen and oxygen atoms in total. The van der Waals surface area contributed by atoms with Crippen LogP contribution in [0.5, 0.6) is 0 Å². The Morgan fingerprint density at radius 3 is 2.17 bits per heavy atom. The molecule has 1 amide bonds. The van der Waals surface area contributed by atoms with Crippen LogP contribution in [0.15, 0.2) is 53.4 Å². The Morgan fingerprint density at radius 2 is 1.67 bits per heavy atom. The van der Waals surface area contributed by atoms with Crippen molar-refractivity contribution in [2.24, 2.45) is 5.14 Å². The summed E-state index contributed by atoms with van der Waals surface area (Å²) in [6, 6.07) is 13.2. The monoisotopic (exact) mass is 366 g/mol. The molecule has 128 valence electrons. The number of sulfonamides is 1. The van der Waals surface area contributed by atoms with Gasteiger partial charge < -0.3 is 4.90 Å². The molecule has 0 aliphatic heterocycles. The third-order valence-electron chi connectivity index (χ3n) is 3.93. The van der Waals surface area contributed by atoms with E-state index in [1.165, 1.54) is 12.1 Å². The van der Waals surface area contributed by atoms with E-state index in [-0.39, 0.29) is 23.3 Å². The molecule has 24 heavy (non-hydrogen) atoms. The summed E-state index contributed by atoms with van der Waals surface area (Å²) in [5.41, 5.74) is 1.71. The second-order valence-electron chi connectivity index (χ2n) is 5.60. The molecule has 0 fully saturated rings. The molecular formula is C17H19ClN2O3S. The van der Waals surface area contributed by atoms with Gasteiger partial charge in [0.1, 0.15) is 0 Å². The lowest BCUT2D eigenvalue weighted by Crippen LogP contribution is -2.31. The molecule has 0 spiro atoms. The Labute approximate surface area is 147 Å². The fourth-order valence-corrected chi connectivity index (χ4v) is 2.92. The van der Waals surface area contributed by atoms with Gasteiger partial charge in [-0.2, -0.15) is 0 Å². The largest absolute Gasteiger partial charge is 0.339 e. The SMILES string of the molecule is CC(c1ccc(S(N)(=O)=O)cc1)N(C)C(=O)Cc1ccc(Cl)cc1.